The van der Waals surface area contributed by atoms with Crippen molar-refractivity contribution < 1.29 is 14.3 Å². The first-order valence-electron chi connectivity index (χ1n) is 8.53. The molecule has 7 nitrogen and oxygen atoms in total. The molecule has 1 aliphatic heterocycles. The Labute approximate surface area is 152 Å². The summed E-state index contributed by atoms with van der Waals surface area (Å²) in [6.07, 6.45) is 3.94. The van der Waals surface area contributed by atoms with Crippen molar-refractivity contribution in [2.75, 3.05) is 18.5 Å². The zero-order chi connectivity index (χ0) is 18.5. The second-order valence-electron chi connectivity index (χ2n) is 5.90. The summed E-state index contributed by atoms with van der Waals surface area (Å²) in [5, 5.41) is 7.39. The average molecular weight is 354 g/mol. The zero-order valence-electron chi connectivity index (χ0n) is 14.9. The fourth-order valence-corrected chi connectivity index (χ4v) is 2.84. The minimum Gasteiger partial charge on any atom is -0.494 e. The van der Waals surface area contributed by atoms with E-state index in [9.17, 15) is 4.79 Å². The van der Waals surface area contributed by atoms with Gasteiger partial charge in [0.2, 0.25) is 5.95 Å². The zero-order valence-corrected chi connectivity index (χ0v) is 14.9. The Hall–Kier alpha value is -3.09. The normalized spacial score (nSPS) is 15.8. The topological polar surface area (TPSA) is 78.3 Å². The Balaban J connectivity index is 1.97. The molecular weight excluding hydrogens is 332 g/mol. The summed E-state index contributed by atoms with van der Waals surface area (Å²) in [6.45, 7) is 8.29. The number of esters is 1. The number of anilines is 1. The minimum atomic E-state index is -0.425. The Morgan fingerprint density at radius 3 is 2.85 bits per heavy atom. The van der Waals surface area contributed by atoms with E-state index in [-0.39, 0.29) is 6.61 Å². The molecule has 0 radical (unpaired) electrons. The van der Waals surface area contributed by atoms with Crippen molar-refractivity contribution in [1.29, 1.82) is 0 Å². The van der Waals surface area contributed by atoms with Gasteiger partial charge in [0.15, 0.2) is 0 Å². The van der Waals surface area contributed by atoms with E-state index in [2.05, 4.69) is 28.9 Å². The van der Waals surface area contributed by atoms with Gasteiger partial charge in [-0.1, -0.05) is 31.7 Å². The molecule has 1 N–H and O–H groups in total. The van der Waals surface area contributed by atoms with Crippen molar-refractivity contribution in [2.24, 2.45) is 0 Å². The van der Waals surface area contributed by atoms with Gasteiger partial charge in [-0.25, -0.2) is 9.48 Å². The molecule has 3 rings (SSSR count). The van der Waals surface area contributed by atoms with Gasteiger partial charge in [0, 0.05) is 5.70 Å². The molecule has 0 aliphatic carbocycles. The lowest BCUT2D eigenvalue weighted by molar-refractivity contribution is -0.138. The Kier molecular flexibility index (Phi) is 5.36. The number of aromatic nitrogens is 3. The lowest BCUT2D eigenvalue weighted by atomic mass is 9.96. The van der Waals surface area contributed by atoms with Crippen LogP contribution in [0.1, 0.15) is 31.9 Å². The van der Waals surface area contributed by atoms with Crippen molar-refractivity contribution in [1.82, 2.24) is 14.8 Å². The summed E-state index contributed by atoms with van der Waals surface area (Å²) in [4.78, 5) is 16.8. The maximum atomic E-state index is 12.6. The average Bonchev–Trinajstić information content (AvgIpc) is 3.11. The molecule has 0 saturated carbocycles. The van der Waals surface area contributed by atoms with Crippen LogP contribution in [0.15, 0.2) is 54.5 Å². The second-order valence-corrected chi connectivity index (χ2v) is 5.90. The number of benzene rings is 1. The monoisotopic (exact) mass is 354 g/mol. The van der Waals surface area contributed by atoms with Crippen LogP contribution in [0.25, 0.3) is 0 Å². The highest BCUT2D eigenvalue weighted by Crippen LogP contribution is 2.35. The largest absolute Gasteiger partial charge is 0.494 e. The first-order chi connectivity index (χ1) is 12.7. The third kappa shape index (κ3) is 3.46. The van der Waals surface area contributed by atoms with Gasteiger partial charge < -0.3 is 14.8 Å². The summed E-state index contributed by atoms with van der Waals surface area (Å²) in [5.74, 6) is 0.964. The molecule has 2 heterocycles. The van der Waals surface area contributed by atoms with Crippen LogP contribution >= 0.6 is 0 Å². The number of ether oxygens (including phenoxy) is 2. The van der Waals surface area contributed by atoms with Crippen molar-refractivity contribution in [3.63, 3.8) is 0 Å². The summed E-state index contributed by atoms with van der Waals surface area (Å²) in [6, 6.07) is 7.23. The van der Waals surface area contributed by atoms with Crippen LogP contribution in [0, 0.1) is 0 Å². The van der Waals surface area contributed by atoms with Crippen molar-refractivity contribution in [2.45, 2.75) is 26.3 Å². The lowest BCUT2D eigenvalue weighted by Gasteiger charge is -2.28. The van der Waals surface area contributed by atoms with E-state index in [0.717, 1.165) is 17.7 Å². The van der Waals surface area contributed by atoms with Gasteiger partial charge in [-0.3, -0.25) is 0 Å². The first kappa shape index (κ1) is 17.7. The number of hydrogen-bond acceptors (Lipinski definition) is 6. The molecule has 0 saturated heterocycles. The number of carbonyl (C=O) groups is 1. The molecule has 2 aromatic rings. The first-order valence-corrected chi connectivity index (χ1v) is 8.53. The standard InChI is InChI=1S/C19H22N4O3/c1-4-10-25-15-8-6-14(7-9-15)17-16(18(24)26-11-5-2)13(3)22-19-20-12-21-23(17)19/h5-9,12,17H,2,4,10-11H2,1,3H3,(H,20,21,22). The van der Waals surface area contributed by atoms with Crippen molar-refractivity contribution in [3.05, 3.63) is 60.1 Å². The van der Waals surface area contributed by atoms with E-state index in [1.165, 1.54) is 6.33 Å². The van der Waals surface area contributed by atoms with Crippen LogP contribution in [0.3, 0.4) is 0 Å². The Morgan fingerprint density at radius 2 is 2.15 bits per heavy atom. The quantitative estimate of drug-likeness (QED) is 0.608. The van der Waals surface area contributed by atoms with Gasteiger partial charge in [0.25, 0.3) is 0 Å². The molecule has 1 atom stereocenters. The van der Waals surface area contributed by atoms with E-state index < -0.39 is 12.0 Å². The highest BCUT2D eigenvalue weighted by atomic mass is 16.5. The summed E-state index contributed by atoms with van der Waals surface area (Å²) >= 11 is 0. The molecule has 1 aromatic heterocycles. The van der Waals surface area contributed by atoms with Gasteiger partial charge in [-0.15, -0.1) is 0 Å². The lowest BCUT2D eigenvalue weighted by Crippen LogP contribution is -2.29. The van der Waals surface area contributed by atoms with E-state index in [0.29, 0.717) is 23.8 Å². The highest BCUT2D eigenvalue weighted by Gasteiger charge is 2.34. The van der Waals surface area contributed by atoms with Gasteiger partial charge in [0.05, 0.1) is 12.2 Å². The number of rotatable bonds is 7. The molecular formula is C19H22N4O3. The molecule has 1 aromatic carbocycles. The van der Waals surface area contributed by atoms with Gasteiger partial charge in [0.1, 0.15) is 24.7 Å². The Bertz CT molecular complexity index is 824. The molecule has 1 unspecified atom stereocenters. The van der Waals surface area contributed by atoms with Crippen LogP contribution in [-0.2, 0) is 9.53 Å². The third-order valence-corrected chi connectivity index (χ3v) is 4.02. The third-order valence-electron chi connectivity index (χ3n) is 4.02. The Morgan fingerprint density at radius 1 is 1.38 bits per heavy atom. The molecule has 0 amide bonds. The maximum Gasteiger partial charge on any atom is 0.338 e. The van der Waals surface area contributed by atoms with Crippen LogP contribution in [0.5, 0.6) is 5.75 Å². The van der Waals surface area contributed by atoms with E-state index in [1.807, 2.05) is 31.2 Å². The molecule has 26 heavy (non-hydrogen) atoms. The second kappa shape index (κ2) is 7.86. The van der Waals surface area contributed by atoms with Crippen LogP contribution in [0.4, 0.5) is 5.95 Å². The maximum absolute atomic E-state index is 12.6. The van der Waals surface area contributed by atoms with Crippen LogP contribution in [0.2, 0.25) is 0 Å². The fourth-order valence-electron chi connectivity index (χ4n) is 2.84. The molecule has 0 fully saturated rings. The van der Waals surface area contributed by atoms with Crippen LogP contribution in [-0.4, -0.2) is 33.9 Å². The smallest absolute Gasteiger partial charge is 0.338 e. The molecule has 0 bridgehead atoms. The van der Waals surface area contributed by atoms with Gasteiger partial charge in [-0.05, 0) is 31.0 Å². The minimum absolute atomic E-state index is 0.149. The predicted octanol–water partition coefficient (Wildman–Crippen LogP) is 3.09. The number of hydrogen-bond donors (Lipinski definition) is 1. The number of nitrogens with zero attached hydrogens (tertiary/aromatic N) is 3. The SMILES string of the molecule is C=CCOC(=O)C1=C(C)Nc2ncnn2C1c1ccc(OCCC)cc1. The molecule has 1 aliphatic rings. The van der Waals surface area contributed by atoms with Gasteiger partial charge in [-0.2, -0.15) is 10.1 Å². The fraction of sp³-hybridized carbons (Fsp3) is 0.316. The van der Waals surface area contributed by atoms with E-state index >= 15 is 0 Å². The number of fused-ring (bicyclic) bond motifs is 1. The highest BCUT2D eigenvalue weighted by molar-refractivity contribution is 5.92. The molecule has 136 valence electrons. The number of carbonyl (C=O) groups excluding carboxylic acids is 1. The summed E-state index contributed by atoms with van der Waals surface area (Å²) < 4.78 is 12.6. The number of allylic oxidation sites excluding steroid dienone is 1. The summed E-state index contributed by atoms with van der Waals surface area (Å²) in [5.41, 5.74) is 2.08. The van der Waals surface area contributed by atoms with Crippen molar-refractivity contribution >= 4 is 11.9 Å². The molecule has 7 heteroatoms. The molecule has 0 spiro atoms. The number of nitrogens with one attached hydrogen (secondary N) is 1. The van der Waals surface area contributed by atoms with E-state index in [4.69, 9.17) is 9.47 Å². The van der Waals surface area contributed by atoms with Crippen LogP contribution < -0.4 is 10.1 Å². The van der Waals surface area contributed by atoms with E-state index in [1.54, 1.807) is 10.8 Å². The van der Waals surface area contributed by atoms with Crippen molar-refractivity contribution in [3.8, 4) is 5.75 Å². The summed E-state index contributed by atoms with van der Waals surface area (Å²) in [7, 11) is 0. The predicted molar refractivity (Wildman–Crippen MR) is 97.9 cm³/mol. The van der Waals surface area contributed by atoms with Gasteiger partial charge >= 0.3 is 5.97 Å².